The van der Waals surface area contributed by atoms with Crippen LogP contribution in [-0.2, 0) is 6.54 Å². The zero-order chi connectivity index (χ0) is 8.84. The van der Waals surface area contributed by atoms with Crippen molar-refractivity contribution in [2.45, 2.75) is 11.7 Å². The first-order valence-electron chi connectivity index (χ1n) is 4.14. The Bertz CT molecular complexity index is 478. The van der Waals surface area contributed by atoms with Crippen LogP contribution in [0.15, 0.2) is 23.4 Å². The van der Waals surface area contributed by atoms with Crippen LogP contribution in [0.3, 0.4) is 0 Å². The SMILES string of the molecule is Fc1cccc2c1nc1n2CCS1. The van der Waals surface area contributed by atoms with E-state index >= 15 is 0 Å². The number of rotatable bonds is 0. The molecule has 2 nitrogen and oxygen atoms in total. The summed E-state index contributed by atoms with van der Waals surface area (Å²) in [5.74, 6) is 0.828. The quantitative estimate of drug-likeness (QED) is 0.640. The van der Waals surface area contributed by atoms with Gasteiger partial charge in [0.1, 0.15) is 5.52 Å². The topological polar surface area (TPSA) is 17.8 Å². The molecule has 0 spiro atoms. The van der Waals surface area contributed by atoms with Gasteiger partial charge in [-0.3, -0.25) is 0 Å². The van der Waals surface area contributed by atoms with E-state index in [4.69, 9.17) is 0 Å². The Balaban J connectivity index is 2.44. The minimum Gasteiger partial charge on any atom is -0.318 e. The molecule has 1 aliphatic heterocycles. The summed E-state index contributed by atoms with van der Waals surface area (Å²) in [6.07, 6.45) is 0. The number of hydrogen-bond donors (Lipinski definition) is 0. The molecule has 4 heteroatoms. The number of thioether (sulfide) groups is 1. The maximum atomic E-state index is 13.3. The van der Waals surface area contributed by atoms with Gasteiger partial charge in [0.25, 0.3) is 0 Å². The molecule has 2 aromatic rings. The molecule has 2 heterocycles. The number of nitrogens with zero attached hydrogens (tertiary/aromatic N) is 2. The van der Waals surface area contributed by atoms with Gasteiger partial charge >= 0.3 is 0 Å². The average Bonchev–Trinajstić information content (AvgIpc) is 2.65. The molecule has 0 N–H and O–H groups in total. The van der Waals surface area contributed by atoms with Crippen molar-refractivity contribution in [2.24, 2.45) is 0 Å². The van der Waals surface area contributed by atoms with Crippen LogP contribution in [0.4, 0.5) is 4.39 Å². The summed E-state index contributed by atoms with van der Waals surface area (Å²) >= 11 is 1.69. The Morgan fingerprint density at radius 2 is 2.38 bits per heavy atom. The van der Waals surface area contributed by atoms with Gasteiger partial charge in [0.05, 0.1) is 5.52 Å². The molecule has 0 fully saturated rings. The maximum absolute atomic E-state index is 13.3. The number of para-hydroxylation sites is 1. The van der Waals surface area contributed by atoms with E-state index in [-0.39, 0.29) is 5.82 Å². The zero-order valence-electron chi connectivity index (χ0n) is 6.83. The Labute approximate surface area is 78.8 Å². The highest BCUT2D eigenvalue weighted by atomic mass is 32.2. The number of aromatic nitrogens is 2. The van der Waals surface area contributed by atoms with E-state index in [2.05, 4.69) is 9.55 Å². The average molecular weight is 194 g/mol. The van der Waals surface area contributed by atoms with Crippen molar-refractivity contribution in [3.8, 4) is 0 Å². The van der Waals surface area contributed by atoms with Crippen LogP contribution in [0.25, 0.3) is 11.0 Å². The van der Waals surface area contributed by atoms with Gasteiger partial charge in [-0.15, -0.1) is 0 Å². The van der Waals surface area contributed by atoms with E-state index in [1.54, 1.807) is 17.8 Å². The number of benzene rings is 1. The Kier molecular flexibility index (Phi) is 1.41. The highest BCUT2D eigenvalue weighted by Crippen LogP contribution is 2.30. The van der Waals surface area contributed by atoms with Gasteiger partial charge in [-0.05, 0) is 12.1 Å². The van der Waals surface area contributed by atoms with Gasteiger partial charge in [-0.1, -0.05) is 17.8 Å². The molecule has 0 unspecified atom stereocenters. The fourth-order valence-electron chi connectivity index (χ4n) is 1.65. The molecular weight excluding hydrogens is 187 g/mol. The third-order valence-electron chi connectivity index (χ3n) is 2.24. The van der Waals surface area contributed by atoms with Gasteiger partial charge in [-0.25, -0.2) is 9.37 Å². The molecule has 1 aromatic heterocycles. The van der Waals surface area contributed by atoms with Gasteiger partial charge in [0, 0.05) is 12.3 Å². The third kappa shape index (κ3) is 0.920. The summed E-state index contributed by atoms with van der Waals surface area (Å²) in [4.78, 5) is 4.24. The molecule has 66 valence electrons. The predicted octanol–water partition coefficient (Wildman–Crippen LogP) is 2.28. The number of halogens is 1. The summed E-state index contributed by atoms with van der Waals surface area (Å²) in [5.41, 5.74) is 1.42. The summed E-state index contributed by atoms with van der Waals surface area (Å²) in [7, 11) is 0. The third-order valence-corrected chi connectivity index (χ3v) is 3.20. The molecule has 0 radical (unpaired) electrons. The zero-order valence-corrected chi connectivity index (χ0v) is 7.64. The largest absolute Gasteiger partial charge is 0.318 e. The van der Waals surface area contributed by atoms with E-state index in [1.165, 1.54) is 6.07 Å². The number of fused-ring (bicyclic) bond motifs is 3. The molecule has 0 saturated heterocycles. The van der Waals surface area contributed by atoms with Gasteiger partial charge in [0.2, 0.25) is 0 Å². The first-order valence-corrected chi connectivity index (χ1v) is 5.12. The first kappa shape index (κ1) is 7.38. The molecule has 0 atom stereocenters. The normalized spacial score (nSPS) is 15.2. The summed E-state index contributed by atoms with van der Waals surface area (Å²) in [5, 5.41) is 0.945. The van der Waals surface area contributed by atoms with E-state index in [9.17, 15) is 4.39 Å². The van der Waals surface area contributed by atoms with E-state index in [1.807, 2.05) is 6.07 Å². The Morgan fingerprint density at radius 3 is 3.31 bits per heavy atom. The smallest absolute Gasteiger partial charge is 0.169 e. The van der Waals surface area contributed by atoms with Crippen molar-refractivity contribution in [3.63, 3.8) is 0 Å². The van der Waals surface area contributed by atoms with Crippen LogP contribution in [0.5, 0.6) is 0 Å². The molecule has 13 heavy (non-hydrogen) atoms. The van der Waals surface area contributed by atoms with E-state index < -0.39 is 0 Å². The van der Waals surface area contributed by atoms with Gasteiger partial charge in [-0.2, -0.15) is 0 Å². The lowest BCUT2D eigenvalue weighted by Crippen LogP contribution is -1.92. The standard InChI is InChI=1S/C9H7FN2S/c10-6-2-1-3-7-8(6)11-9-12(7)4-5-13-9/h1-3H,4-5H2. The van der Waals surface area contributed by atoms with Gasteiger partial charge in [0.15, 0.2) is 11.0 Å². The molecular formula is C9H7FN2S. The van der Waals surface area contributed by atoms with Crippen molar-refractivity contribution in [1.29, 1.82) is 0 Å². The van der Waals surface area contributed by atoms with Crippen LogP contribution in [0.1, 0.15) is 0 Å². The van der Waals surface area contributed by atoms with Crippen LogP contribution >= 0.6 is 11.8 Å². The predicted molar refractivity (Wildman–Crippen MR) is 50.4 cm³/mol. The summed E-state index contributed by atoms with van der Waals surface area (Å²) < 4.78 is 15.3. The van der Waals surface area contributed by atoms with E-state index in [0.29, 0.717) is 5.52 Å². The molecule has 1 aliphatic rings. The van der Waals surface area contributed by atoms with Crippen LogP contribution < -0.4 is 0 Å². The van der Waals surface area contributed by atoms with Crippen molar-refractivity contribution in [1.82, 2.24) is 9.55 Å². The second-order valence-electron chi connectivity index (χ2n) is 3.00. The second-order valence-corrected chi connectivity index (χ2v) is 4.06. The molecule has 1 aromatic carbocycles. The lowest BCUT2D eigenvalue weighted by atomic mass is 10.3. The van der Waals surface area contributed by atoms with Crippen molar-refractivity contribution < 1.29 is 4.39 Å². The highest BCUT2D eigenvalue weighted by molar-refractivity contribution is 7.99. The van der Waals surface area contributed by atoms with Crippen LogP contribution in [0, 0.1) is 5.82 Å². The molecule has 0 saturated carbocycles. The summed E-state index contributed by atoms with van der Waals surface area (Å²) in [6, 6.07) is 5.10. The number of hydrogen-bond acceptors (Lipinski definition) is 2. The summed E-state index contributed by atoms with van der Waals surface area (Å²) in [6.45, 7) is 0.944. The first-order chi connectivity index (χ1) is 6.36. The number of aryl methyl sites for hydroxylation is 1. The number of imidazole rings is 1. The van der Waals surface area contributed by atoms with Crippen molar-refractivity contribution >= 4 is 22.8 Å². The van der Waals surface area contributed by atoms with Crippen molar-refractivity contribution in [3.05, 3.63) is 24.0 Å². The fraction of sp³-hybridized carbons (Fsp3) is 0.222. The Hall–Kier alpha value is -1.03. The second kappa shape index (κ2) is 2.48. The fourth-order valence-corrected chi connectivity index (χ4v) is 2.60. The monoisotopic (exact) mass is 194 g/mol. The van der Waals surface area contributed by atoms with Crippen molar-refractivity contribution in [2.75, 3.05) is 5.75 Å². The molecule has 0 aliphatic carbocycles. The minimum atomic E-state index is -0.222. The lowest BCUT2D eigenvalue weighted by Gasteiger charge is -1.96. The minimum absolute atomic E-state index is 0.222. The molecule has 3 rings (SSSR count). The Morgan fingerprint density at radius 1 is 1.46 bits per heavy atom. The molecule has 0 bridgehead atoms. The van der Waals surface area contributed by atoms with Gasteiger partial charge < -0.3 is 4.57 Å². The van der Waals surface area contributed by atoms with Crippen LogP contribution in [0.2, 0.25) is 0 Å². The highest BCUT2D eigenvalue weighted by Gasteiger charge is 2.17. The maximum Gasteiger partial charge on any atom is 0.169 e. The van der Waals surface area contributed by atoms with Crippen LogP contribution in [-0.4, -0.2) is 15.3 Å². The lowest BCUT2D eigenvalue weighted by molar-refractivity contribution is 0.637. The van der Waals surface area contributed by atoms with E-state index in [0.717, 1.165) is 23.0 Å². The molecule has 0 amide bonds.